The first kappa shape index (κ1) is 13.0. The Labute approximate surface area is 114 Å². The molecule has 0 unspecified atom stereocenters. The highest BCUT2D eigenvalue weighted by atomic mass is 35.5. The zero-order valence-electron chi connectivity index (χ0n) is 9.67. The van der Waals surface area contributed by atoms with E-state index < -0.39 is 0 Å². The SMILES string of the molecule is O=C(CCCl)NCCc1csc(-n2cccn2)n1. The number of rotatable bonds is 6. The molecule has 5 nitrogen and oxygen atoms in total. The molecule has 7 heteroatoms. The lowest BCUT2D eigenvalue weighted by Crippen LogP contribution is -2.25. The zero-order valence-corrected chi connectivity index (χ0v) is 11.2. The van der Waals surface area contributed by atoms with Crippen LogP contribution in [-0.2, 0) is 11.2 Å². The smallest absolute Gasteiger partial charge is 0.221 e. The summed E-state index contributed by atoms with van der Waals surface area (Å²) in [5.74, 6) is 0.332. The average molecular weight is 285 g/mol. The molecule has 0 saturated carbocycles. The number of alkyl halides is 1. The van der Waals surface area contributed by atoms with Gasteiger partial charge in [-0.2, -0.15) is 5.10 Å². The van der Waals surface area contributed by atoms with Crippen molar-refractivity contribution >= 4 is 28.8 Å². The number of thiazole rings is 1. The van der Waals surface area contributed by atoms with E-state index in [0.29, 0.717) is 25.3 Å². The van der Waals surface area contributed by atoms with Gasteiger partial charge in [0.15, 0.2) is 0 Å². The van der Waals surface area contributed by atoms with Crippen LogP contribution in [0.3, 0.4) is 0 Å². The van der Waals surface area contributed by atoms with E-state index in [9.17, 15) is 4.79 Å². The van der Waals surface area contributed by atoms with Crippen molar-refractivity contribution in [1.82, 2.24) is 20.1 Å². The molecule has 2 aromatic rings. The van der Waals surface area contributed by atoms with Crippen LogP contribution in [0.15, 0.2) is 23.8 Å². The zero-order chi connectivity index (χ0) is 12.8. The first-order valence-electron chi connectivity index (χ1n) is 5.56. The van der Waals surface area contributed by atoms with Crippen molar-refractivity contribution in [1.29, 1.82) is 0 Å². The van der Waals surface area contributed by atoms with Gasteiger partial charge in [-0.1, -0.05) is 0 Å². The van der Waals surface area contributed by atoms with Crippen molar-refractivity contribution in [2.75, 3.05) is 12.4 Å². The van der Waals surface area contributed by atoms with Gasteiger partial charge in [-0.25, -0.2) is 9.67 Å². The summed E-state index contributed by atoms with van der Waals surface area (Å²) < 4.78 is 1.72. The van der Waals surface area contributed by atoms with Gasteiger partial charge in [0, 0.05) is 43.0 Å². The summed E-state index contributed by atoms with van der Waals surface area (Å²) in [5.41, 5.74) is 0.955. The molecule has 18 heavy (non-hydrogen) atoms. The summed E-state index contributed by atoms with van der Waals surface area (Å²) >= 11 is 7.00. The summed E-state index contributed by atoms with van der Waals surface area (Å²) in [5, 5.41) is 9.72. The van der Waals surface area contributed by atoms with Crippen LogP contribution in [-0.4, -0.2) is 33.1 Å². The topological polar surface area (TPSA) is 59.8 Å². The van der Waals surface area contributed by atoms with Crippen molar-refractivity contribution < 1.29 is 4.79 Å². The van der Waals surface area contributed by atoms with Crippen LogP contribution in [0.2, 0.25) is 0 Å². The van der Waals surface area contributed by atoms with Gasteiger partial charge in [0.05, 0.1) is 5.69 Å². The van der Waals surface area contributed by atoms with E-state index in [1.165, 1.54) is 11.3 Å². The van der Waals surface area contributed by atoms with Crippen LogP contribution < -0.4 is 5.32 Å². The van der Waals surface area contributed by atoms with Crippen molar-refractivity contribution in [2.45, 2.75) is 12.8 Å². The normalized spacial score (nSPS) is 10.5. The summed E-state index contributed by atoms with van der Waals surface area (Å²) in [6.07, 6.45) is 4.64. The molecule has 1 amide bonds. The molecule has 0 atom stereocenters. The molecule has 0 aliphatic heterocycles. The highest BCUT2D eigenvalue weighted by Gasteiger charge is 2.05. The average Bonchev–Trinajstić information content (AvgIpc) is 2.99. The number of carbonyl (C=O) groups is 1. The molecule has 0 aromatic carbocycles. The van der Waals surface area contributed by atoms with E-state index in [0.717, 1.165) is 10.8 Å². The number of nitrogens with one attached hydrogen (secondary N) is 1. The van der Waals surface area contributed by atoms with Crippen LogP contribution in [0, 0.1) is 0 Å². The summed E-state index contributed by atoms with van der Waals surface area (Å²) in [7, 11) is 0. The second-order valence-electron chi connectivity index (χ2n) is 3.61. The highest BCUT2D eigenvalue weighted by Crippen LogP contribution is 2.13. The van der Waals surface area contributed by atoms with Crippen LogP contribution in [0.1, 0.15) is 12.1 Å². The number of carbonyl (C=O) groups excluding carboxylic acids is 1. The fraction of sp³-hybridized carbons (Fsp3) is 0.364. The number of hydrogen-bond donors (Lipinski definition) is 1. The lowest BCUT2D eigenvalue weighted by Gasteiger charge is -2.01. The molecule has 0 saturated heterocycles. The Balaban J connectivity index is 1.82. The third-order valence-electron chi connectivity index (χ3n) is 2.26. The number of amides is 1. The van der Waals surface area contributed by atoms with E-state index in [-0.39, 0.29) is 5.91 Å². The standard InChI is InChI=1S/C11H13ClN4OS/c12-4-2-10(17)13-6-3-9-8-18-11(15-9)16-7-1-5-14-16/h1,5,7-8H,2-4,6H2,(H,13,17). The predicted molar refractivity (Wildman–Crippen MR) is 71.3 cm³/mol. The number of aromatic nitrogens is 3. The van der Waals surface area contributed by atoms with Crippen molar-refractivity contribution in [3.8, 4) is 5.13 Å². The first-order valence-corrected chi connectivity index (χ1v) is 6.98. The quantitative estimate of drug-likeness (QED) is 0.820. The highest BCUT2D eigenvalue weighted by molar-refractivity contribution is 7.12. The van der Waals surface area contributed by atoms with Gasteiger partial charge < -0.3 is 5.32 Å². The Morgan fingerprint density at radius 3 is 3.17 bits per heavy atom. The molecule has 0 bridgehead atoms. The molecule has 0 spiro atoms. The molecular formula is C11H13ClN4OS. The van der Waals surface area contributed by atoms with Gasteiger partial charge in [0.25, 0.3) is 0 Å². The fourth-order valence-electron chi connectivity index (χ4n) is 1.40. The largest absolute Gasteiger partial charge is 0.356 e. The minimum absolute atomic E-state index is 0.0208. The molecule has 1 N–H and O–H groups in total. The molecular weight excluding hydrogens is 272 g/mol. The monoisotopic (exact) mass is 284 g/mol. The molecule has 96 valence electrons. The second-order valence-corrected chi connectivity index (χ2v) is 4.83. The van der Waals surface area contributed by atoms with Gasteiger partial charge in [0.2, 0.25) is 11.0 Å². The van der Waals surface area contributed by atoms with Crippen LogP contribution >= 0.6 is 22.9 Å². The van der Waals surface area contributed by atoms with Crippen molar-refractivity contribution in [3.05, 3.63) is 29.5 Å². The Kier molecular flexibility index (Phi) is 4.72. The second kappa shape index (κ2) is 6.51. The van der Waals surface area contributed by atoms with Crippen molar-refractivity contribution in [2.24, 2.45) is 0 Å². The van der Waals surface area contributed by atoms with Gasteiger partial charge >= 0.3 is 0 Å². The van der Waals surface area contributed by atoms with Crippen LogP contribution in [0.5, 0.6) is 0 Å². The predicted octanol–water partition coefficient (Wildman–Crippen LogP) is 1.62. The Morgan fingerprint density at radius 2 is 2.44 bits per heavy atom. The first-order chi connectivity index (χ1) is 8.79. The summed E-state index contributed by atoms with van der Waals surface area (Å²) in [6.45, 7) is 0.581. The third kappa shape index (κ3) is 3.54. The van der Waals surface area contributed by atoms with Gasteiger partial charge in [-0.3, -0.25) is 4.79 Å². The lowest BCUT2D eigenvalue weighted by atomic mass is 10.3. The molecule has 0 radical (unpaired) electrons. The minimum Gasteiger partial charge on any atom is -0.356 e. The third-order valence-corrected chi connectivity index (χ3v) is 3.33. The van der Waals surface area contributed by atoms with E-state index in [1.54, 1.807) is 10.9 Å². The molecule has 2 heterocycles. The maximum absolute atomic E-state index is 11.2. The summed E-state index contributed by atoms with van der Waals surface area (Å²) in [4.78, 5) is 15.6. The molecule has 0 aliphatic carbocycles. The van der Waals surface area contributed by atoms with E-state index in [4.69, 9.17) is 11.6 Å². The van der Waals surface area contributed by atoms with Gasteiger partial charge in [0.1, 0.15) is 0 Å². The Morgan fingerprint density at radius 1 is 1.56 bits per heavy atom. The Bertz CT molecular complexity index is 497. The minimum atomic E-state index is -0.0208. The fourth-order valence-corrected chi connectivity index (χ4v) is 2.37. The molecule has 2 rings (SSSR count). The Hall–Kier alpha value is -1.40. The molecule has 0 aliphatic rings. The van der Waals surface area contributed by atoms with Crippen molar-refractivity contribution in [3.63, 3.8) is 0 Å². The molecule has 0 fully saturated rings. The van der Waals surface area contributed by atoms with E-state index in [2.05, 4.69) is 15.4 Å². The van der Waals surface area contributed by atoms with Gasteiger partial charge in [-0.15, -0.1) is 22.9 Å². The van der Waals surface area contributed by atoms with Gasteiger partial charge in [-0.05, 0) is 6.07 Å². The maximum Gasteiger partial charge on any atom is 0.221 e. The lowest BCUT2D eigenvalue weighted by molar-refractivity contribution is -0.120. The summed E-state index contributed by atoms with van der Waals surface area (Å²) in [6, 6.07) is 1.85. The number of nitrogens with zero attached hydrogens (tertiary/aromatic N) is 3. The van der Waals surface area contributed by atoms with E-state index >= 15 is 0 Å². The van der Waals surface area contributed by atoms with Crippen LogP contribution in [0.25, 0.3) is 5.13 Å². The number of halogens is 1. The van der Waals surface area contributed by atoms with Crippen LogP contribution in [0.4, 0.5) is 0 Å². The molecule has 2 aromatic heterocycles. The van der Waals surface area contributed by atoms with E-state index in [1.807, 2.05) is 17.6 Å². The number of hydrogen-bond acceptors (Lipinski definition) is 4. The maximum atomic E-state index is 11.2.